The van der Waals surface area contributed by atoms with E-state index in [1.54, 1.807) is 0 Å². The molecule has 1 aliphatic carbocycles. The average Bonchev–Trinajstić information content (AvgIpc) is 3.11. The fourth-order valence-corrected chi connectivity index (χ4v) is 2.50. The van der Waals surface area contributed by atoms with E-state index < -0.39 is 0 Å². The molecule has 1 saturated carbocycles. The molecule has 2 nitrogen and oxygen atoms in total. The Morgan fingerprint density at radius 2 is 2.24 bits per heavy atom. The van der Waals surface area contributed by atoms with Crippen molar-refractivity contribution < 1.29 is 4.79 Å². The van der Waals surface area contributed by atoms with Gasteiger partial charge in [0.1, 0.15) is 0 Å². The van der Waals surface area contributed by atoms with Crippen LogP contribution in [0.15, 0.2) is 24.3 Å². The van der Waals surface area contributed by atoms with Gasteiger partial charge >= 0.3 is 0 Å². The Balaban J connectivity index is 2.08. The molecule has 0 aromatic heterocycles. The van der Waals surface area contributed by atoms with E-state index in [9.17, 15) is 4.79 Å². The number of benzene rings is 1. The predicted molar refractivity (Wildman–Crippen MR) is 78.1 cm³/mol. The smallest absolute Gasteiger partial charge is 0.253 e. The summed E-state index contributed by atoms with van der Waals surface area (Å²) in [5.41, 5.74) is 0.825. The molecule has 0 heterocycles. The molecule has 0 unspecified atom stereocenters. The van der Waals surface area contributed by atoms with Crippen molar-refractivity contribution in [2.24, 2.45) is 5.92 Å². The molecule has 1 aliphatic rings. The number of hydrogen-bond acceptors (Lipinski definition) is 1. The van der Waals surface area contributed by atoms with Gasteiger partial charge in [-0.3, -0.25) is 4.79 Å². The van der Waals surface area contributed by atoms with Gasteiger partial charge in [-0.15, -0.1) is 0 Å². The zero-order valence-electron chi connectivity index (χ0n) is 10.2. The van der Waals surface area contributed by atoms with Crippen molar-refractivity contribution in [1.29, 1.82) is 0 Å². The summed E-state index contributed by atoms with van der Waals surface area (Å²) in [6, 6.07) is 7.86. The lowest BCUT2D eigenvalue weighted by Gasteiger charge is -2.22. The standard InChI is InChI=1S/C14H18INO/c1-2-8-16(10-11-6-7-11)14(17)12-4-3-5-13(15)9-12/h3-5,9,11H,2,6-8,10H2,1H3. The van der Waals surface area contributed by atoms with Gasteiger partial charge in [0.2, 0.25) is 0 Å². The molecule has 0 aliphatic heterocycles. The SMILES string of the molecule is CCCN(CC1CC1)C(=O)c1cccc(I)c1. The fraction of sp³-hybridized carbons (Fsp3) is 0.500. The van der Waals surface area contributed by atoms with Crippen LogP contribution in [0.5, 0.6) is 0 Å². The minimum Gasteiger partial charge on any atom is -0.338 e. The summed E-state index contributed by atoms with van der Waals surface area (Å²) < 4.78 is 1.12. The summed E-state index contributed by atoms with van der Waals surface area (Å²) in [7, 11) is 0. The van der Waals surface area contributed by atoms with Gasteiger partial charge in [-0.05, 0) is 66.0 Å². The third kappa shape index (κ3) is 3.69. The van der Waals surface area contributed by atoms with Crippen molar-refractivity contribution in [2.45, 2.75) is 26.2 Å². The molecule has 1 fully saturated rings. The zero-order chi connectivity index (χ0) is 12.3. The zero-order valence-corrected chi connectivity index (χ0v) is 12.3. The fourth-order valence-electron chi connectivity index (χ4n) is 1.96. The Morgan fingerprint density at radius 3 is 2.82 bits per heavy atom. The number of halogens is 1. The van der Waals surface area contributed by atoms with Crippen LogP contribution >= 0.6 is 22.6 Å². The van der Waals surface area contributed by atoms with E-state index in [1.165, 1.54) is 12.8 Å². The van der Waals surface area contributed by atoms with Gasteiger partial charge < -0.3 is 4.90 Å². The lowest BCUT2D eigenvalue weighted by Crippen LogP contribution is -2.33. The van der Waals surface area contributed by atoms with Gasteiger partial charge in [0.25, 0.3) is 5.91 Å². The van der Waals surface area contributed by atoms with Crippen LogP contribution in [0, 0.1) is 9.49 Å². The van der Waals surface area contributed by atoms with Crippen LogP contribution in [-0.4, -0.2) is 23.9 Å². The average molecular weight is 343 g/mol. The van der Waals surface area contributed by atoms with Crippen molar-refractivity contribution in [2.75, 3.05) is 13.1 Å². The van der Waals surface area contributed by atoms with Gasteiger partial charge in [0, 0.05) is 22.2 Å². The highest BCUT2D eigenvalue weighted by Gasteiger charge is 2.26. The van der Waals surface area contributed by atoms with Crippen LogP contribution in [0.4, 0.5) is 0 Å². The minimum absolute atomic E-state index is 0.192. The largest absolute Gasteiger partial charge is 0.338 e. The van der Waals surface area contributed by atoms with Gasteiger partial charge in [-0.25, -0.2) is 0 Å². The van der Waals surface area contributed by atoms with Gasteiger partial charge in [-0.2, -0.15) is 0 Å². The maximum absolute atomic E-state index is 12.4. The molecule has 1 aromatic rings. The van der Waals surface area contributed by atoms with Gasteiger partial charge in [0.15, 0.2) is 0 Å². The summed E-state index contributed by atoms with van der Waals surface area (Å²) in [4.78, 5) is 14.4. The second-order valence-corrected chi connectivity index (χ2v) is 5.95. The van der Waals surface area contributed by atoms with Crippen LogP contribution in [0.1, 0.15) is 36.5 Å². The molecule has 0 radical (unpaired) electrons. The van der Waals surface area contributed by atoms with Crippen molar-refractivity contribution in [3.63, 3.8) is 0 Å². The van der Waals surface area contributed by atoms with Crippen LogP contribution < -0.4 is 0 Å². The first-order valence-corrected chi connectivity index (χ1v) is 7.33. The third-order valence-corrected chi connectivity index (χ3v) is 3.70. The molecule has 1 amide bonds. The molecule has 0 N–H and O–H groups in total. The van der Waals surface area contributed by atoms with E-state index in [2.05, 4.69) is 29.5 Å². The van der Waals surface area contributed by atoms with Crippen LogP contribution in [0.25, 0.3) is 0 Å². The first-order chi connectivity index (χ1) is 8.20. The number of hydrogen-bond donors (Lipinski definition) is 0. The second kappa shape index (κ2) is 5.85. The number of amides is 1. The first kappa shape index (κ1) is 12.9. The molecule has 0 atom stereocenters. The van der Waals surface area contributed by atoms with E-state index in [4.69, 9.17) is 0 Å². The summed E-state index contributed by atoms with van der Waals surface area (Å²) in [5.74, 6) is 0.950. The quantitative estimate of drug-likeness (QED) is 0.749. The normalized spacial score (nSPS) is 14.7. The molecule has 1 aromatic carbocycles. The van der Waals surface area contributed by atoms with Gasteiger partial charge in [0.05, 0.1) is 0 Å². The molecule has 17 heavy (non-hydrogen) atoms. The maximum atomic E-state index is 12.4. The van der Waals surface area contributed by atoms with Crippen LogP contribution in [-0.2, 0) is 0 Å². The second-order valence-electron chi connectivity index (χ2n) is 4.70. The van der Waals surface area contributed by atoms with Crippen molar-refractivity contribution in [1.82, 2.24) is 4.90 Å². The number of nitrogens with zero attached hydrogens (tertiary/aromatic N) is 1. The molecular formula is C14H18INO. The summed E-state index contributed by atoms with van der Waals surface area (Å²) in [6.45, 7) is 3.95. The number of carbonyl (C=O) groups excluding carboxylic acids is 1. The van der Waals surface area contributed by atoms with E-state index >= 15 is 0 Å². The molecule has 0 bridgehead atoms. The van der Waals surface area contributed by atoms with E-state index in [-0.39, 0.29) is 5.91 Å². The topological polar surface area (TPSA) is 20.3 Å². The molecular weight excluding hydrogens is 325 g/mol. The van der Waals surface area contributed by atoms with Crippen molar-refractivity contribution in [3.05, 3.63) is 33.4 Å². The molecule has 2 rings (SSSR count). The van der Waals surface area contributed by atoms with E-state index in [0.29, 0.717) is 0 Å². The molecule has 92 valence electrons. The lowest BCUT2D eigenvalue weighted by molar-refractivity contribution is 0.0747. The Morgan fingerprint density at radius 1 is 1.47 bits per heavy atom. The molecule has 3 heteroatoms. The first-order valence-electron chi connectivity index (χ1n) is 6.25. The molecule has 0 saturated heterocycles. The van der Waals surface area contributed by atoms with Crippen LogP contribution in [0.2, 0.25) is 0 Å². The third-order valence-electron chi connectivity index (χ3n) is 3.03. The number of carbonyl (C=O) groups is 1. The lowest BCUT2D eigenvalue weighted by atomic mass is 10.2. The number of rotatable bonds is 5. The highest BCUT2D eigenvalue weighted by molar-refractivity contribution is 14.1. The Kier molecular flexibility index (Phi) is 4.42. The van der Waals surface area contributed by atoms with Crippen molar-refractivity contribution in [3.8, 4) is 0 Å². The Labute approximate surface area is 117 Å². The summed E-state index contributed by atoms with van der Waals surface area (Å²) >= 11 is 2.25. The monoisotopic (exact) mass is 343 g/mol. The predicted octanol–water partition coefficient (Wildman–Crippen LogP) is 3.55. The summed E-state index contributed by atoms with van der Waals surface area (Å²) in [5, 5.41) is 0. The highest BCUT2D eigenvalue weighted by Crippen LogP contribution is 2.30. The van der Waals surface area contributed by atoms with Crippen molar-refractivity contribution >= 4 is 28.5 Å². The van der Waals surface area contributed by atoms with E-state index in [1.807, 2.05) is 29.2 Å². The summed E-state index contributed by atoms with van der Waals surface area (Å²) in [6.07, 6.45) is 3.61. The Bertz CT molecular complexity index is 401. The van der Waals surface area contributed by atoms with Gasteiger partial charge in [-0.1, -0.05) is 13.0 Å². The highest BCUT2D eigenvalue weighted by atomic mass is 127. The van der Waals surface area contributed by atoms with Crippen LogP contribution in [0.3, 0.4) is 0 Å². The maximum Gasteiger partial charge on any atom is 0.253 e. The Hall–Kier alpha value is -0.580. The van der Waals surface area contributed by atoms with E-state index in [0.717, 1.165) is 34.6 Å². The molecule has 0 spiro atoms. The minimum atomic E-state index is 0.192.